The van der Waals surface area contributed by atoms with Gasteiger partial charge in [0, 0.05) is 42.6 Å². The highest BCUT2D eigenvalue weighted by molar-refractivity contribution is 6.24. The number of phenolic OH excluding ortho intramolecular Hbond substituents is 1. The Labute approximate surface area is 243 Å². The second kappa shape index (κ2) is 9.63. The third-order valence-corrected chi connectivity index (χ3v) is 9.66. The minimum atomic E-state index is -2.65. The fourth-order valence-electron chi connectivity index (χ4n) is 7.41. The molecular weight excluding hydrogens is 540 g/mol. The normalized spacial score (nSPS) is 28.3. The van der Waals surface area contributed by atoms with Crippen molar-refractivity contribution in [2.45, 2.75) is 37.1 Å². The fraction of sp³-hybridized carbons (Fsp3) is 0.452. The first kappa shape index (κ1) is 28.4. The monoisotopic (exact) mass is 576 g/mol. The molecule has 2 aromatic rings. The van der Waals surface area contributed by atoms with E-state index in [1.807, 2.05) is 24.3 Å². The van der Waals surface area contributed by atoms with Crippen molar-refractivity contribution in [1.82, 2.24) is 14.7 Å². The van der Waals surface area contributed by atoms with Gasteiger partial charge in [-0.05, 0) is 69.5 Å². The molecule has 11 nitrogen and oxygen atoms in total. The number of aliphatic hydroxyl groups is 3. The van der Waals surface area contributed by atoms with E-state index in [0.29, 0.717) is 23.5 Å². The van der Waals surface area contributed by atoms with E-state index in [9.17, 15) is 34.8 Å². The van der Waals surface area contributed by atoms with Crippen LogP contribution in [0.15, 0.2) is 41.2 Å². The number of hydrogen-bond donors (Lipinski definition) is 5. The van der Waals surface area contributed by atoms with Gasteiger partial charge in [0.1, 0.15) is 22.8 Å². The van der Waals surface area contributed by atoms with Crippen LogP contribution in [-0.2, 0) is 27.3 Å². The molecule has 0 spiro atoms. The molecule has 2 fully saturated rings. The number of aliphatic hydroxyl groups excluding tert-OH is 2. The Morgan fingerprint density at radius 1 is 1.07 bits per heavy atom. The first-order chi connectivity index (χ1) is 19.7. The third kappa shape index (κ3) is 3.91. The van der Waals surface area contributed by atoms with Crippen molar-refractivity contribution in [1.29, 1.82) is 0 Å². The van der Waals surface area contributed by atoms with Gasteiger partial charge in [-0.2, -0.15) is 0 Å². The highest BCUT2D eigenvalue weighted by Gasteiger charge is 2.64. The zero-order chi connectivity index (χ0) is 30.4. The molecule has 11 heteroatoms. The van der Waals surface area contributed by atoms with Crippen LogP contribution in [0.3, 0.4) is 0 Å². The van der Waals surface area contributed by atoms with Crippen molar-refractivity contribution < 1.29 is 34.8 Å². The number of Topliss-reactive ketones (excluding diaryl/α,β-unsaturated/α-hetero) is 2. The first-order valence-electron chi connectivity index (χ1n) is 14.1. The van der Waals surface area contributed by atoms with E-state index in [0.717, 1.165) is 24.0 Å². The lowest BCUT2D eigenvalue weighted by atomic mass is 9.57. The number of phenols is 1. The molecule has 1 saturated heterocycles. The number of ketones is 2. The van der Waals surface area contributed by atoms with Crippen LogP contribution in [0.2, 0.25) is 0 Å². The van der Waals surface area contributed by atoms with Crippen molar-refractivity contribution in [2.24, 2.45) is 17.6 Å². The molecule has 4 atom stereocenters. The maximum absolute atomic E-state index is 14.0. The largest absolute Gasteiger partial charge is 0.508 e. The van der Waals surface area contributed by atoms with Crippen molar-refractivity contribution in [3.05, 3.63) is 57.9 Å². The smallest absolute Gasteiger partial charge is 0.255 e. The van der Waals surface area contributed by atoms with Crippen LogP contribution in [0, 0.1) is 11.8 Å². The fourth-order valence-corrected chi connectivity index (χ4v) is 7.41. The molecule has 3 aliphatic carbocycles. The van der Waals surface area contributed by atoms with Crippen molar-refractivity contribution >= 4 is 34.0 Å². The molecule has 6 N–H and O–H groups in total. The molecule has 1 saturated carbocycles. The highest BCUT2D eigenvalue weighted by Crippen LogP contribution is 2.53. The molecule has 0 bridgehead atoms. The van der Waals surface area contributed by atoms with Crippen molar-refractivity contribution in [3.63, 3.8) is 0 Å². The van der Waals surface area contributed by atoms with E-state index in [4.69, 9.17) is 5.73 Å². The maximum atomic E-state index is 14.0. The van der Waals surface area contributed by atoms with Gasteiger partial charge in [-0.1, -0.05) is 18.2 Å². The summed E-state index contributed by atoms with van der Waals surface area (Å²) in [7, 11) is 7.27. The zero-order valence-corrected chi connectivity index (χ0v) is 24.1. The van der Waals surface area contributed by atoms with Crippen LogP contribution in [0.4, 0.5) is 0 Å². The lowest BCUT2D eigenvalue weighted by Crippen LogP contribution is -2.65. The number of carbonyl (C=O) groups is 3. The summed E-state index contributed by atoms with van der Waals surface area (Å²) in [6.07, 6.45) is 0.326. The Kier molecular flexibility index (Phi) is 6.50. The summed E-state index contributed by atoms with van der Waals surface area (Å²) >= 11 is 0. The minimum Gasteiger partial charge on any atom is -0.508 e. The average molecular weight is 577 g/mol. The molecule has 1 heterocycles. The van der Waals surface area contributed by atoms with E-state index in [-0.39, 0.29) is 29.7 Å². The Morgan fingerprint density at radius 3 is 2.38 bits per heavy atom. The van der Waals surface area contributed by atoms with Crippen LogP contribution >= 0.6 is 0 Å². The van der Waals surface area contributed by atoms with Gasteiger partial charge in [0.2, 0.25) is 5.78 Å². The number of hydrogen-bond acceptors (Lipinski definition) is 10. The summed E-state index contributed by atoms with van der Waals surface area (Å²) in [4.78, 5) is 45.4. The van der Waals surface area contributed by atoms with E-state index in [2.05, 4.69) is 23.9 Å². The molecule has 0 unspecified atom stereocenters. The molecule has 4 aliphatic rings. The molecule has 1 aliphatic heterocycles. The SMILES string of the molecule is CN(C)C1CN(Cc2ccc3cc4c(c(O)c3c2)C(O)=C2C(=O)[C@]3(O)C(O)=C(C(N)=O)C(=O)[C@@H](N(C)C)[C@@H]3C[C@@H]2C4)C1. The van der Waals surface area contributed by atoms with Crippen molar-refractivity contribution in [3.8, 4) is 5.75 Å². The van der Waals surface area contributed by atoms with E-state index >= 15 is 0 Å². The summed E-state index contributed by atoms with van der Waals surface area (Å²) in [5, 5.41) is 47.0. The van der Waals surface area contributed by atoms with Crippen molar-refractivity contribution in [2.75, 3.05) is 41.3 Å². The molecule has 0 aromatic heterocycles. The number of primary amides is 1. The Morgan fingerprint density at radius 2 is 1.76 bits per heavy atom. The number of carbonyl (C=O) groups excluding carboxylic acids is 3. The number of nitrogens with zero attached hydrogens (tertiary/aromatic N) is 3. The standard InChI is InChI=1S/C31H36N4O7/c1-33(2)18-12-35(13-18)11-14-5-6-15-8-16-9-17-10-20-24(34(3)4)27(38)23(30(32)41)29(40)31(20,42)28(39)22(17)26(37)21(16)25(36)19(15)7-14/h5-8,17-18,20,24,36-37,40,42H,9-13H2,1-4H3,(H2,32,41)/t17-,20-,24-,31-/m0/s1. The van der Waals surface area contributed by atoms with E-state index in [1.165, 1.54) is 4.90 Å². The van der Waals surface area contributed by atoms with Gasteiger partial charge >= 0.3 is 0 Å². The van der Waals surface area contributed by atoms with Gasteiger partial charge in [-0.15, -0.1) is 0 Å². The number of likely N-dealkylation sites (N-methyl/N-ethyl adjacent to an activating group) is 2. The molecule has 1 amide bonds. The number of benzene rings is 2. The summed E-state index contributed by atoms with van der Waals surface area (Å²) in [6.45, 7) is 2.60. The van der Waals surface area contributed by atoms with Crippen LogP contribution in [0.25, 0.3) is 16.5 Å². The van der Waals surface area contributed by atoms with Gasteiger partial charge in [-0.25, -0.2) is 0 Å². The van der Waals surface area contributed by atoms with Crippen LogP contribution < -0.4 is 5.73 Å². The molecule has 0 radical (unpaired) electrons. The summed E-state index contributed by atoms with van der Waals surface area (Å²) < 4.78 is 0. The molecular formula is C31H36N4O7. The summed E-state index contributed by atoms with van der Waals surface area (Å²) in [5.41, 5.74) is 3.51. The van der Waals surface area contributed by atoms with E-state index in [1.54, 1.807) is 14.1 Å². The predicted molar refractivity (Wildman–Crippen MR) is 155 cm³/mol. The summed E-state index contributed by atoms with van der Waals surface area (Å²) in [6, 6.07) is 7.12. The number of aromatic hydroxyl groups is 1. The second-order valence-corrected chi connectivity index (χ2v) is 12.6. The minimum absolute atomic E-state index is 0.0628. The molecule has 2 aromatic carbocycles. The van der Waals surface area contributed by atoms with Crippen LogP contribution in [0.1, 0.15) is 23.1 Å². The Bertz CT molecular complexity index is 1620. The number of likely N-dealkylation sites (tertiary alicyclic amines) is 1. The Hall–Kier alpha value is -3.77. The number of amides is 1. The third-order valence-electron chi connectivity index (χ3n) is 9.66. The molecule has 6 rings (SSSR count). The highest BCUT2D eigenvalue weighted by atomic mass is 16.3. The van der Waals surface area contributed by atoms with Gasteiger partial charge in [0.05, 0.1) is 11.6 Å². The van der Waals surface area contributed by atoms with Gasteiger partial charge in [0.15, 0.2) is 11.4 Å². The lowest BCUT2D eigenvalue weighted by Gasteiger charge is -2.50. The van der Waals surface area contributed by atoms with Gasteiger partial charge < -0.3 is 31.1 Å². The van der Waals surface area contributed by atoms with Gasteiger partial charge in [0.25, 0.3) is 5.91 Å². The maximum Gasteiger partial charge on any atom is 0.255 e. The molecule has 222 valence electrons. The number of rotatable bonds is 5. The van der Waals surface area contributed by atoms with Gasteiger partial charge in [-0.3, -0.25) is 24.2 Å². The second-order valence-electron chi connectivity index (χ2n) is 12.6. The average Bonchev–Trinajstić information content (AvgIpc) is 2.87. The van der Waals surface area contributed by atoms with E-state index < -0.39 is 58.0 Å². The number of nitrogens with two attached hydrogens (primary N) is 1. The Balaban J connectivity index is 1.43. The van der Waals surface area contributed by atoms with Crippen LogP contribution in [-0.4, -0.2) is 112 Å². The first-order valence-corrected chi connectivity index (χ1v) is 14.1. The summed E-state index contributed by atoms with van der Waals surface area (Å²) in [5.74, 6) is -6.47. The predicted octanol–water partition coefficient (Wildman–Crippen LogP) is 0.863. The zero-order valence-electron chi connectivity index (χ0n) is 24.1. The lowest BCUT2D eigenvalue weighted by molar-refractivity contribution is -0.153. The van der Waals surface area contributed by atoms with Crippen LogP contribution in [0.5, 0.6) is 5.75 Å². The topological polar surface area (TPSA) is 168 Å². The molecule has 42 heavy (non-hydrogen) atoms. The number of fused-ring (bicyclic) bond motifs is 4. The quantitative estimate of drug-likeness (QED) is 0.322.